The van der Waals surface area contributed by atoms with Crippen molar-refractivity contribution in [3.63, 3.8) is 0 Å². The summed E-state index contributed by atoms with van der Waals surface area (Å²) >= 11 is 0. The lowest BCUT2D eigenvalue weighted by molar-refractivity contribution is -0.135. The van der Waals surface area contributed by atoms with Gasteiger partial charge in [0, 0.05) is 31.2 Å². The maximum atomic E-state index is 12.4. The number of nitrogens with one attached hydrogen (secondary N) is 2. The summed E-state index contributed by atoms with van der Waals surface area (Å²) in [6.07, 6.45) is 0.352. The first-order valence-corrected chi connectivity index (χ1v) is 8.46. The SMILES string of the molecule is CCN(CC(=O)Nc1c(C)cccc1C)C(=O)CC1COCCN1. The molecule has 6 heteroatoms. The van der Waals surface area contributed by atoms with Crippen LogP contribution in [0.2, 0.25) is 0 Å². The average Bonchev–Trinajstić information content (AvgIpc) is 2.57. The molecule has 1 aliphatic rings. The fourth-order valence-corrected chi connectivity index (χ4v) is 2.83. The zero-order chi connectivity index (χ0) is 17.5. The monoisotopic (exact) mass is 333 g/mol. The van der Waals surface area contributed by atoms with Gasteiger partial charge < -0.3 is 20.3 Å². The van der Waals surface area contributed by atoms with E-state index in [1.165, 1.54) is 0 Å². The summed E-state index contributed by atoms with van der Waals surface area (Å²) in [5.41, 5.74) is 2.86. The summed E-state index contributed by atoms with van der Waals surface area (Å²) in [5.74, 6) is -0.201. The van der Waals surface area contributed by atoms with E-state index >= 15 is 0 Å². The van der Waals surface area contributed by atoms with Crippen LogP contribution in [0.5, 0.6) is 0 Å². The largest absolute Gasteiger partial charge is 0.378 e. The molecule has 132 valence electrons. The molecule has 1 aromatic rings. The first kappa shape index (κ1) is 18.4. The van der Waals surface area contributed by atoms with E-state index in [9.17, 15) is 9.59 Å². The molecule has 1 heterocycles. The lowest BCUT2D eigenvalue weighted by Gasteiger charge is -2.27. The van der Waals surface area contributed by atoms with Crippen LogP contribution in [0.3, 0.4) is 0 Å². The summed E-state index contributed by atoms with van der Waals surface area (Å²) in [4.78, 5) is 26.3. The Morgan fingerprint density at radius 1 is 1.33 bits per heavy atom. The Labute approximate surface area is 143 Å². The van der Waals surface area contributed by atoms with Crippen LogP contribution < -0.4 is 10.6 Å². The molecule has 1 fully saturated rings. The van der Waals surface area contributed by atoms with Crippen molar-refractivity contribution in [3.8, 4) is 0 Å². The van der Waals surface area contributed by atoms with Crippen molar-refractivity contribution in [2.24, 2.45) is 0 Å². The molecule has 1 saturated heterocycles. The van der Waals surface area contributed by atoms with Crippen molar-refractivity contribution in [2.75, 3.05) is 38.2 Å². The molecule has 1 unspecified atom stereocenters. The molecule has 0 aliphatic carbocycles. The normalized spacial score (nSPS) is 17.4. The highest BCUT2D eigenvalue weighted by Crippen LogP contribution is 2.19. The number of rotatable bonds is 6. The molecule has 24 heavy (non-hydrogen) atoms. The summed E-state index contributed by atoms with van der Waals surface area (Å²) in [7, 11) is 0. The van der Waals surface area contributed by atoms with E-state index in [1.54, 1.807) is 4.90 Å². The van der Waals surface area contributed by atoms with Gasteiger partial charge in [0.15, 0.2) is 0 Å². The predicted octanol–water partition coefficient (Wildman–Crippen LogP) is 1.47. The number of nitrogens with zero attached hydrogens (tertiary/aromatic N) is 1. The van der Waals surface area contributed by atoms with Crippen LogP contribution in [0.15, 0.2) is 18.2 Å². The zero-order valence-electron chi connectivity index (χ0n) is 14.7. The number of carbonyl (C=O) groups excluding carboxylic acids is 2. The highest BCUT2D eigenvalue weighted by Gasteiger charge is 2.22. The fourth-order valence-electron chi connectivity index (χ4n) is 2.83. The zero-order valence-corrected chi connectivity index (χ0v) is 14.7. The van der Waals surface area contributed by atoms with Crippen LogP contribution in [0.25, 0.3) is 0 Å². The quantitative estimate of drug-likeness (QED) is 0.827. The lowest BCUT2D eigenvalue weighted by Crippen LogP contribution is -2.46. The van der Waals surface area contributed by atoms with Gasteiger partial charge >= 0.3 is 0 Å². The minimum absolute atomic E-state index is 0.0296. The minimum Gasteiger partial charge on any atom is -0.378 e. The Bertz CT molecular complexity index is 563. The highest BCUT2D eigenvalue weighted by atomic mass is 16.5. The molecule has 0 aromatic heterocycles. The van der Waals surface area contributed by atoms with Gasteiger partial charge in [-0.15, -0.1) is 0 Å². The first-order chi connectivity index (χ1) is 11.5. The fraction of sp³-hybridized carbons (Fsp3) is 0.556. The standard InChI is InChI=1S/C18H27N3O3/c1-4-21(17(23)10-15-12-24-9-8-19-15)11-16(22)20-18-13(2)6-5-7-14(18)3/h5-7,15,19H,4,8-12H2,1-3H3,(H,20,22). The number of amides is 2. The molecule has 1 aromatic carbocycles. The van der Waals surface area contributed by atoms with Crippen LogP contribution in [0, 0.1) is 13.8 Å². The van der Waals surface area contributed by atoms with Crippen molar-refractivity contribution < 1.29 is 14.3 Å². The summed E-state index contributed by atoms with van der Waals surface area (Å²) in [6, 6.07) is 5.91. The number of para-hydroxylation sites is 1. The van der Waals surface area contributed by atoms with Crippen LogP contribution in [0.1, 0.15) is 24.5 Å². The molecule has 2 N–H and O–H groups in total. The Balaban J connectivity index is 1.91. The Morgan fingerprint density at radius 2 is 2.04 bits per heavy atom. The predicted molar refractivity (Wildman–Crippen MR) is 94.0 cm³/mol. The van der Waals surface area contributed by atoms with Gasteiger partial charge in [0.25, 0.3) is 0 Å². The number of carbonyl (C=O) groups is 2. The van der Waals surface area contributed by atoms with Gasteiger partial charge in [0.1, 0.15) is 0 Å². The average molecular weight is 333 g/mol. The van der Waals surface area contributed by atoms with Gasteiger partial charge in [-0.1, -0.05) is 18.2 Å². The molecule has 1 atom stereocenters. The second-order valence-corrected chi connectivity index (χ2v) is 6.15. The molecular weight excluding hydrogens is 306 g/mol. The Kier molecular flexibility index (Phi) is 6.75. The van der Waals surface area contributed by atoms with Gasteiger partial charge in [-0.2, -0.15) is 0 Å². The smallest absolute Gasteiger partial charge is 0.244 e. The molecule has 1 aliphatic heterocycles. The van der Waals surface area contributed by atoms with E-state index < -0.39 is 0 Å². The van der Waals surface area contributed by atoms with Crippen LogP contribution in [-0.4, -0.2) is 55.6 Å². The number of morpholine rings is 1. The molecule has 0 bridgehead atoms. The maximum absolute atomic E-state index is 12.4. The summed E-state index contributed by atoms with van der Waals surface area (Å²) in [5, 5.41) is 6.19. The molecule has 2 rings (SSSR count). The van der Waals surface area contributed by atoms with Crippen molar-refractivity contribution >= 4 is 17.5 Å². The third-order valence-electron chi connectivity index (χ3n) is 4.23. The minimum atomic E-state index is -0.171. The number of ether oxygens (including phenoxy) is 1. The highest BCUT2D eigenvalue weighted by molar-refractivity contribution is 5.95. The van der Waals surface area contributed by atoms with E-state index in [1.807, 2.05) is 39.0 Å². The van der Waals surface area contributed by atoms with E-state index in [4.69, 9.17) is 4.74 Å². The second kappa shape index (κ2) is 8.80. The molecule has 0 radical (unpaired) electrons. The third kappa shape index (κ3) is 5.04. The van der Waals surface area contributed by atoms with Crippen molar-refractivity contribution in [3.05, 3.63) is 29.3 Å². The van der Waals surface area contributed by atoms with E-state index in [2.05, 4.69) is 10.6 Å². The summed E-state index contributed by atoms with van der Waals surface area (Å²) in [6.45, 7) is 8.36. The molecule has 2 amide bonds. The maximum Gasteiger partial charge on any atom is 0.244 e. The lowest BCUT2D eigenvalue weighted by atomic mass is 10.1. The topological polar surface area (TPSA) is 70.7 Å². The van der Waals surface area contributed by atoms with E-state index in [-0.39, 0.29) is 24.4 Å². The number of benzene rings is 1. The van der Waals surface area contributed by atoms with Gasteiger partial charge in [0.05, 0.1) is 19.8 Å². The van der Waals surface area contributed by atoms with Gasteiger partial charge in [-0.05, 0) is 31.9 Å². The number of aryl methyl sites for hydroxylation is 2. The Morgan fingerprint density at radius 3 is 2.62 bits per heavy atom. The number of hydrogen-bond donors (Lipinski definition) is 2. The number of anilines is 1. The number of likely N-dealkylation sites (N-methyl/N-ethyl adjacent to an activating group) is 1. The van der Waals surface area contributed by atoms with Gasteiger partial charge in [-0.25, -0.2) is 0 Å². The van der Waals surface area contributed by atoms with E-state index in [0.29, 0.717) is 26.2 Å². The molecule has 0 saturated carbocycles. The molecule has 0 spiro atoms. The van der Waals surface area contributed by atoms with Crippen molar-refractivity contribution in [1.82, 2.24) is 10.2 Å². The molecule has 6 nitrogen and oxygen atoms in total. The van der Waals surface area contributed by atoms with Gasteiger partial charge in [0.2, 0.25) is 11.8 Å². The van der Waals surface area contributed by atoms with Crippen molar-refractivity contribution in [2.45, 2.75) is 33.2 Å². The van der Waals surface area contributed by atoms with Crippen molar-refractivity contribution in [1.29, 1.82) is 0 Å². The van der Waals surface area contributed by atoms with Crippen LogP contribution in [-0.2, 0) is 14.3 Å². The molecular formula is C18H27N3O3. The number of hydrogen-bond acceptors (Lipinski definition) is 4. The van der Waals surface area contributed by atoms with E-state index in [0.717, 1.165) is 23.4 Å². The second-order valence-electron chi connectivity index (χ2n) is 6.15. The van der Waals surface area contributed by atoms with Gasteiger partial charge in [-0.3, -0.25) is 9.59 Å². The van der Waals surface area contributed by atoms with Crippen LogP contribution in [0.4, 0.5) is 5.69 Å². The first-order valence-electron chi connectivity index (χ1n) is 8.46. The third-order valence-corrected chi connectivity index (χ3v) is 4.23. The summed E-state index contributed by atoms with van der Waals surface area (Å²) < 4.78 is 5.37. The van der Waals surface area contributed by atoms with Crippen LogP contribution >= 0.6 is 0 Å². The Hall–Kier alpha value is -1.92.